The molecule has 0 radical (unpaired) electrons. The number of hydrogen-bond acceptors (Lipinski definition) is 4. The molecule has 0 bridgehead atoms. The smallest absolute Gasteiger partial charge is 0.303 e. The SMILES string of the molecule is CCO.O=C(O)CCc1ccc(OCC(=O)NCCc2c(Cl)cccc2Cl)cc1. The lowest BCUT2D eigenvalue weighted by atomic mass is 10.1. The van der Waals surface area contributed by atoms with Crippen LogP contribution >= 0.6 is 23.2 Å². The fraction of sp³-hybridized carbons (Fsp3) is 0.333. The molecule has 0 aliphatic rings. The van der Waals surface area contributed by atoms with Gasteiger partial charge in [0.15, 0.2) is 6.61 Å². The van der Waals surface area contributed by atoms with E-state index in [4.69, 9.17) is 38.2 Å². The van der Waals surface area contributed by atoms with Gasteiger partial charge in [-0.2, -0.15) is 0 Å². The van der Waals surface area contributed by atoms with Crippen LogP contribution in [0.3, 0.4) is 0 Å². The quantitative estimate of drug-likeness (QED) is 0.550. The van der Waals surface area contributed by atoms with Crippen molar-refractivity contribution >= 4 is 35.1 Å². The van der Waals surface area contributed by atoms with E-state index in [0.717, 1.165) is 11.1 Å². The average Bonchev–Trinajstić information content (AvgIpc) is 2.68. The van der Waals surface area contributed by atoms with E-state index in [2.05, 4.69) is 5.32 Å². The lowest BCUT2D eigenvalue weighted by Crippen LogP contribution is -2.30. The lowest BCUT2D eigenvalue weighted by molar-refractivity contribution is -0.137. The van der Waals surface area contributed by atoms with Gasteiger partial charge in [0.05, 0.1) is 0 Å². The molecule has 0 heterocycles. The van der Waals surface area contributed by atoms with Gasteiger partial charge in [0.1, 0.15) is 5.75 Å². The Morgan fingerprint density at radius 2 is 1.62 bits per heavy atom. The molecule has 1 amide bonds. The average molecular weight is 442 g/mol. The molecule has 0 fully saturated rings. The number of carboxylic acids is 1. The van der Waals surface area contributed by atoms with Crippen LogP contribution in [0.4, 0.5) is 0 Å². The molecule has 0 aromatic heterocycles. The van der Waals surface area contributed by atoms with Crippen molar-refractivity contribution in [1.29, 1.82) is 0 Å². The highest BCUT2D eigenvalue weighted by Crippen LogP contribution is 2.24. The van der Waals surface area contributed by atoms with E-state index in [1.807, 2.05) is 0 Å². The normalized spacial score (nSPS) is 9.93. The number of ether oxygens (including phenoxy) is 1. The summed E-state index contributed by atoms with van der Waals surface area (Å²) in [6.45, 7) is 2.23. The Morgan fingerprint density at radius 3 is 2.17 bits per heavy atom. The van der Waals surface area contributed by atoms with Crippen LogP contribution in [0.1, 0.15) is 24.5 Å². The second-order valence-electron chi connectivity index (χ2n) is 5.94. The molecule has 0 aliphatic heterocycles. The molecule has 8 heteroatoms. The summed E-state index contributed by atoms with van der Waals surface area (Å²) >= 11 is 12.2. The molecule has 0 unspecified atom stereocenters. The van der Waals surface area contributed by atoms with Gasteiger partial charge in [-0.3, -0.25) is 9.59 Å². The zero-order chi connectivity index (χ0) is 21.6. The highest BCUT2D eigenvalue weighted by molar-refractivity contribution is 6.36. The number of benzene rings is 2. The van der Waals surface area contributed by atoms with Gasteiger partial charge in [-0.1, -0.05) is 41.4 Å². The third-order valence-electron chi connectivity index (χ3n) is 3.68. The number of aliphatic hydroxyl groups is 1. The number of hydrogen-bond donors (Lipinski definition) is 3. The minimum atomic E-state index is -0.833. The Balaban J connectivity index is 0.00000132. The van der Waals surface area contributed by atoms with Crippen LogP contribution in [0.15, 0.2) is 42.5 Å². The highest BCUT2D eigenvalue weighted by atomic mass is 35.5. The number of amides is 1. The van der Waals surface area contributed by atoms with Gasteiger partial charge in [-0.15, -0.1) is 0 Å². The van der Waals surface area contributed by atoms with Crippen molar-refractivity contribution in [2.24, 2.45) is 0 Å². The predicted molar refractivity (Wildman–Crippen MR) is 114 cm³/mol. The van der Waals surface area contributed by atoms with E-state index in [0.29, 0.717) is 35.2 Å². The number of aryl methyl sites for hydroxylation is 1. The van der Waals surface area contributed by atoms with Gasteiger partial charge < -0.3 is 20.3 Å². The van der Waals surface area contributed by atoms with Crippen LogP contribution < -0.4 is 10.1 Å². The molecule has 29 heavy (non-hydrogen) atoms. The number of carbonyl (C=O) groups is 2. The Morgan fingerprint density at radius 1 is 1.03 bits per heavy atom. The molecule has 0 spiro atoms. The molecular weight excluding hydrogens is 417 g/mol. The minimum Gasteiger partial charge on any atom is -0.484 e. The van der Waals surface area contributed by atoms with E-state index in [-0.39, 0.29) is 25.5 Å². The molecular formula is C21H25Cl2NO5. The number of carboxylic acid groups (broad SMARTS) is 1. The number of rotatable bonds is 9. The lowest BCUT2D eigenvalue weighted by Gasteiger charge is -2.10. The van der Waals surface area contributed by atoms with Gasteiger partial charge in [0.25, 0.3) is 5.91 Å². The first-order valence-corrected chi connectivity index (χ1v) is 9.87. The van der Waals surface area contributed by atoms with Crippen molar-refractivity contribution in [3.8, 4) is 5.75 Å². The van der Waals surface area contributed by atoms with Gasteiger partial charge in [-0.05, 0) is 55.2 Å². The van der Waals surface area contributed by atoms with E-state index in [9.17, 15) is 9.59 Å². The molecule has 2 rings (SSSR count). The highest BCUT2D eigenvalue weighted by Gasteiger charge is 2.07. The van der Waals surface area contributed by atoms with Crippen LogP contribution in [0, 0.1) is 0 Å². The summed E-state index contributed by atoms with van der Waals surface area (Å²) in [5, 5.41) is 20.1. The fourth-order valence-corrected chi connectivity index (χ4v) is 2.89. The first kappa shape index (κ1) is 24.8. The molecule has 0 atom stereocenters. The first-order chi connectivity index (χ1) is 13.9. The van der Waals surface area contributed by atoms with Crippen molar-refractivity contribution < 1.29 is 24.5 Å². The molecule has 2 aromatic rings. The largest absolute Gasteiger partial charge is 0.484 e. The molecule has 3 N–H and O–H groups in total. The van der Waals surface area contributed by atoms with Crippen LogP contribution in [-0.2, 0) is 22.4 Å². The monoisotopic (exact) mass is 441 g/mol. The molecule has 2 aromatic carbocycles. The van der Waals surface area contributed by atoms with Crippen molar-refractivity contribution in [3.63, 3.8) is 0 Å². The second-order valence-corrected chi connectivity index (χ2v) is 6.76. The Bertz CT molecular complexity index is 761. The minimum absolute atomic E-state index is 0.0814. The zero-order valence-electron chi connectivity index (χ0n) is 16.2. The van der Waals surface area contributed by atoms with E-state index < -0.39 is 5.97 Å². The summed E-state index contributed by atoms with van der Waals surface area (Å²) < 4.78 is 5.42. The van der Waals surface area contributed by atoms with Gasteiger partial charge in [0.2, 0.25) is 0 Å². The molecule has 158 valence electrons. The zero-order valence-corrected chi connectivity index (χ0v) is 17.7. The Kier molecular flexibility index (Phi) is 11.8. The van der Waals surface area contributed by atoms with Crippen molar-refractivity contribution in [3.05, 3.63) is 63.6 Å². The van der Waals surface area contributed by atoms with Crippen molar-refractivity contribution in [2.75, 3.05) is 19.8 Å². The maximum Gasteiger partial charge on any atom is 0.303 e. The van der Waals surface area contributed by atoms with Crippen LogP contribution in [-0.4, -0.2) is 41.8 Å². The summed E-state index contributed by atoms with van der Waals surface area (Å²) in [4.78, 5) is 22.4. The number of halogens is 2. The molecule has 0 saturated carbocycles. The standard InChI is InChI=1S/C19H19Cl2NO4.C2H6O/c20-16-2-1-3-17(21)15(16)10-11-22-18(23)12-26-14-7-4-13(5-8-14)6-9-19(24)25;1-2-3/h1-5,7-8H,6,9-12H2,(H,22,23)(H,24,25);3H,2H2,1H3. The van der Waals surface area contributed by atoms with Crippen LogP contribution in [0.2, 0.25) is 10.0 Å². The summed E-state index contributed by atoms with van der Waals surface area (Å²) in [5.41, 5.74) is 1.70. The maximum absolute atomic E-state index is 11.9. The third kappa shape index (κ3) is 10.2. The van der Waals surface area contributed by atoms with E-state index in [1.54, 1.807) is 49.4 Å². The summed E-state index contributed by atoms with van der Waals surface area (Å²) in [6.07, 6.45) is 1.07. The molecule has 0 saturated heterocycles. The van der Waals surface area contributed by atoms with Crippen molar-refractivity contribution in [1.82, 2.24) is 5.32 Å². The summed E-state index contributed by atoms with van der Waals surface area (Å²) in [5.74, 6) is -0.531. The van der Waals surface area contributed by atoms with Gasteiger partial charge in [-0.25, -0.2) is 0 Å². The van der Waals surface area contributed by atoms with Gasteiger partial charge in [0, 0.05) is 29.6 Å². The number of nitrogens with one attached hydrogen (secondary N) is 1. The number of carbonyl (C=O) groups excluding carboxylic acids is 1. The van der Waals surface area contributed by atoms with Crippen molar-refractivity contribution in [2.45, 2.75) is 26.2 Å². The molecule has 6 nitrogen and oxygen atoms in total. The Labute approximate surface area is 180 Å². The summed E-state index contributed by atoms with van der Waals surface area (Å²) in [6, 6.07) is 12.3. The maximum atomic E-state index is 11.9. The summed E-state index contributed by atoms with van der Waals surface area (Å²) in [7, 11) is 0. The third-order valence-corrected chi connectivity index (χ3v) is 4.39. The van der Waals surface area contributed by atoms with Crippen LogP contribution in [0.25, 0.3) is 0 Å². The van der Waals surface area contributed by atoms with E-state index in [1.165, 1.54) is 0 Å². The van der Waals surface area contributed by atoms with Crippen LogP contribution in [0.5, 0.6) is 5.75 Å². The Hall–Kier alpha value is -2.28. The molecule has 0 aliphatic carbocycles. The van der Waals surface area contributed by atoms with Gasteiger partial charge >= 0.3 is 5.97 Å². The fourth-order valence-electron chi connectivity index (χ4n) is 2.30. The number of aliphatic hydroxyl groups excluding tert-OH is 1. The second kappa shape index (κ2) is 13.8. The first-order valence-electron chi connectivity index (χ1n) is 9.11. The number of aliphatic carboxylic acids is 1. The van der Waals surface area contributed by atoms with E-state index >= 15 is 0 Å². The topological polar surface area (TPSA) is 95.9 Å². The predicted octanol–water partition coefficient (Wildman–Crippen LogP) is 3.75.